The Morgan fingerprint density at radius 3 is 2.67 bits per heavy atom. The predicted octanol–water partition coefficient (Wildman–Crippen LogP) is 3.20. The summed E-state index contributed by atoms with van der Waals surface area (Å²) in [7, 11) is 0. The van der Waals surface area contributed by atoms with Crippen LogP contribution in [0.1, 0.15) is 38.0 Å². The first-order valence-electron chi connectivity index (χ1n) is 11.0. The van der Waals surface area contributed by atoms with E-state index in [1.165, 1.54) is 25.9 Å². The molecule has 2 fully saturated rings. The van der Waals surface area contributed by atoms with Gasteiger partial charge < -0.3 is 14.7 Å². The van der Waals surface area contributed by atoms with Crippen molar-refractivity contribution in [3.05, 3.63) is 35.2 Å². The van der Waals surface area contributed by atoms with Crippen LogP contribution in [0.2, 0.25) is 5.02 Å². The molecule has 1 aromatic heterocycles. The molecule has 2 aliphatic heterocycles. The summed E-state index contributed by atoms with van der Waals surface area (Å²) in [5, 5.41) is 7.80. The Hall–Kier alpha value is -1.96. The molecule has 2 aromatic rings. The van der Waals surface area contributed by atoms with E-state index in [0.717, 1.165) is 51.0 Å². The molecule has 0 saturated carbocycles. The van der Waals surface area contributed by atoms with Crippen molar-refractivity contribution in [1.82, 2.24) is 25.3 Å². The number of carbonyl (C=O) groups is 1. The van der Waals surface area contributed by atoms with Crippen molar-refractivity contribution >= 4 is 17.5 Å². The number of nitrogens with one attached hydrogen (secondary N) is 1. The first-order valence-corrected chi connectivity index (χ1v) is 11.4. The Balaban J connectivity index is 1.17. The van der Waals surface area contributed by atoms with E-state index in [9.17, 15) is 4.79 Å². The molecule has 2 saturated heterocycles. The zero-order valence-corrected chi connectivity index (χ0v) is 18.1. The van der Waals surface area contributed by atoms with Gasteiger partial charge in [0, 0.05) is 18.0 Å². The van der Waals surface area contributed by atoms with E-state index in [1.54, 1.807) is 0 Å². The van der Waals surface area contributed by atoms with Crippen molar-refractivity contribution in [3.8, 4) is 11.4 Å². The summed E-state index contributed by atoms with van der Waals surface area (Å²) in [5.74, 6) is 1.40. The van der Waals surface area contributed by atoms with Crippen LogP contribution in [0.5, 0.6) is 0 Å². The lowest BCUT2D eigenvalue weighted by atomic mass is 9.96. The van der Waals surface area contributed by atoms with Crippen molar-refractivity contribution in [2.75, 3.05) is 39.3 Å². The molecule has 0 spiro atoms. The number of rotatable bonds is 8. The summed E-state index contributed by atoms with van der Waals surface area (Å²) in [6.07, 6.45) is 5.40. The standard InChI is InChI=1S/C22H30ClN5O2/c23-19-7-2-1-6-18(19)21-25-20(30-26-21)16-28-14-8-17(9-15-28)22(29)24-10-5-13-27-11-3-4-12-27/h1-2,6-7,17H,3-5,8-16H2,(H,24,29). The fourth-order valence-electron chi connectivity index (χ4n) is 4.28. The van der Waals surface area contributed by atoms with Crippen LogP contribution in [-0.4, -0.2) is 65.1 Å². The lowest BCUT2D eigenvalue weighted by Gasteiger charge is -2.30. The number of halogens is 1. The van der Waals surface area contributed by atoms with Crippen LogP contribution >= 0.6 is 11.6 Å². The minimum Gasteiger partial charge on any atom is -0.356 e. The van der Waals surface area contributed by atoms with E-state index in [4.69, 9.17) is 16.1 Å². The molecule has 0 atom stereocenters. The molecule has 3 heterocycles. The number of hydrogen-bond acceptors (Lipinski definition) is 6. The molecule has 8 heteroatoms. The highest BCUT2D eigenvalue weighted by molar-refractivity contribution is 6.33. The van der Waals surface area contributed by atoms with E-state index in [1.807, 2.05) is 24.3 Å². The van der Waals surface area contributed by atoms with Gasteiger partial charge in [-0.15, -0.1) is 0 Å². The third kappa shape index (κ3) is 5.59. The minimum atomic E-state index is 0.106. The van der Waals surface area contributed by atoms with Gasteiger partial charge in [0.2, 0.25) is 17.6 Å². The molecule has 2 aliphatic rings. The van der Waals surface area contributed by atoms with Gasteiger partial charge in [-0.25, -0.2) is 0 Å². The van der Waals surface area contributed by atoms with Crippen molar-refractivity contribution in [3.63, 3.8) is 0 Å². The molecule has 162 valence electrons. The second kappa shape index (κ2) is 10.4. The third-order valence-corrected chi connectivity index (χ3v) is 6.38. The molecular formula is C22H30ClN5O2. The van der Waals surface area contributed by atoms with Gasteiger partial charge in [0.1, 0.15) is 0 Å². The topological polar surface area (TPSA) is 74.5 Å². The van der Waals surface area contributed by atoms with E-state index in [0.29, 0.717) is 23.3 Å². The van der Waals surface area contributed by atoms with Crippen molar-refractivity contribution in [2.24, 2.45) is 5.92 Å². The molecule has 0 aliphatic carbocycles. The molecule has 30 heavy (non-hydrogen) atoms. The second-order valence-electron chi connectivity index (χ2n) is 8.24. The maximum Gasteiger partial charge on any atom is 0.241 e. The van der Waals surface area contributed by atoms with Crippen LogP contribution in [0.25, 0.3) is 11.4 Å². The highest BCUT2D eigenvalue weighted by Crippen LogP contribution is 2.25. The molecule has 1 aromatic carbocycles. The first-order chi connectivity index (χ1) is 14.7. The Morgan fingerprint density at radius 1 is 1.13 bits per heavy atom. The van der Waals surface area contributed by atoms with Crippen LogP contribution in [0.15, 0.2) is 28.8 Å². The summed E-state index contributed by atoms with van der Waals surface area (Å²) < 4.78 is 5.41. The van der Waals surface area contributed by atoms with Crippen LogP contribution in [-0.2, 0) is 11.3 Å². The Morgan fingerprint density at radius 2 is 1.90 bits per heavy atom. The van der Waals surface area contributed by atoms with Crippen LogP contribution < -0.4 is 5.32 Å². The molecule has 0 bridgehead atoms. The lowest BCUT2D eigenvalue weighted by Crippen LogP contribution is -2.40. The largest absolute Gasteiger partial charge is 0.356 e. The predicted molar refractivity (Wildman–Crippen MR) is 116 cm³/mol. The van der Waals surface area contributed by atoms with Crippen LogP contribution in [0.3, 0.4) is 0 Å². The second-order valence-corrected chi connectivity index (χ2v) is 8.64. The maximum absolute atomic E-state index is 12.5. The molecule has 1 N–H and O–H groups in total. The summed E-state index contributed by atoms with van der Waals surface area (Å²) in [6.45, 7) is 6.62. The van der Waals surface area contributed by atoms with Crippen molar-refractivity contribution < 1.29 is 9.32 Å². The molecule has 4 rings (SSSR count). The number of benzene rings is 1. The number of hydrogen-bond donors (Lipinski definition) is 1. The van der Waals surface area contributed by atoms with Gasteiger partial charge in [0.05, 0.1) is 11.6 Å². The normalized spacial score (nSPS) is 18.7. The maximum atomic E-state index is 12.5. The highest BCUT2D eigenvalue weighted by atomic mass is 35.5. The van der Waals surface area contributed by atoms with Gasteiger partial charge in [0.25, 0.3) is 0 Å². The van der Waals surface area contributed by atoms with Crippen molar-refractivity contribution in [2.45, 2.75) is 38.6 Å². The monoisotopic (exact) mass is 431 g/mol. The van der Waals surface area contributed by atoms with E-state index in [-0.39, 0.29) is 11.8 Å². The summed E-state index contributed by atoms with van der Waals surface area (Å²) >= 11 is 6.21. The fraction of sp³-hybridized carbons (Fsp3) is 0.591. The Labute approximate surface area is 182 Å². The average Bonchev–Trinajstić information content (AvgIpc) is 3.44. The highest BCUT2D eigenvalue weighted by Gasteiger charge is 2.26. The van der Waals surface area contributed by atoms with Gasteiger partial charge in [-0.05, 0) is 77.0 Å². The molecule has 0 unspecified atom stereocenters. The molecule has 0 radical (unpaired) electrons. The summed E-state index contributed by atoms with van der Waals surface area (Å²) in [4.78, 5) is 21.7. The van der Waals surface area contributed by atoms with Gasteiger partial charge in [-0.2, -0.15) is 4.98 Å². The number of aromatic nitrogens is 2. The Bertz CT molecular complexity index is 828. The third-order valence-electron chi connectivity index (χ3n) is 6.05. The van der Waals surface area contributed by atoms with Gasteiger partial charge in [-0.1, -0.05) is 28.9 Å². The SMILES string of the molecule is O=C(NCCCN1CCCC1)C1CCN(Cc2nc(-c3ccccc3Cl)no2)CC1. The van der Waals surface area contributed by atoms with E-state index >= 15 is 0 Å². The number of nitrogens with zero attached hydrogens (tertiary/aromatic N) is 4. The van der Waals surface area contributed by atoms with Gasteiger partial charge in [0.15, 0.2) is 0 Å². The van der Waals surface area contributed by atoms with E-state index in [2.05, 4.69) is 25.3 Å². The molecule has 1 amide bonds. The summed E-state index contributed by atoms with van der Waals surface area (Å²) in [5.41, 5.74) is 0.772. The minimum absolute atomic E-state index is 0.106. The molecular weight excluding hydrogens is 402 g/mol. The smallest absolute Gasteiger partial charge is 0.241 e. The van der Waals surface area contributed by atoms with Gasteiger partial charge >= 0.3 is 0 Å². The van der Waals surface area contributed by atoms with Crippen molar-refractivity contribution in [1.29, 1.82) is 0 Å². The number of piperidine rings is 1. The first kappa shape index (κ1) is 21.3. The van der Waals surface area contributed by atoms with Gasteiger partial charge in [-0.3, -0.25) is 9.69 Å². The van der Waals surface area contributed by atoms with Crippen LogP contribution in [0, 0.1) is 5.92 Å². The van der Waals surface area contributed by atoms with E-state index < -0.39 is 0 Å². The lowest BCUT2D eigenvalue weighted by molar-refractivity contribution is -0.126. The average molecular weight is 432 g/mol. The quantitative estimate of drug-likeness (QED) is 0.647. The fourth-order valence-corrected chi connectivity index (χ4v) is 4.50. The summed E-state index contributed by atoms with van der Waals surface area (Å²) in [6, 6.07) is 7.47. The zero-order chi connectivity index (χ0) is 20.8. The number of carbonyl (C=O) groups excluding carboxylic acids is 1. The number of amides is 1. The Kier molecular flexibility index (Phi) is 7.36. The van der Waals surface area contributed by atoms with Crippen LogP contribution in [0.4, 0.5) is 0 Å². The number of likely N-dealkylation sites (tertiary alicyclic amines) is 2. The zero-order valence-electron chi connectivity index (χ0n) is 17.4. The molecule has 7 nitrogen and oxygen atoms in total.